The third kappa shape index (κ3) is 3.87. The molecule has 2 aliphatic heterocycles. The Labute approximate surface area is 149 Å². The van der Waals surface area contributed by atoms with Gasteiger partial charge in [-0.1, -0.05) is 25.1 Å². The third-order valence-corrected chi connectivity index (χ3v) is 5.54. The van der Waals surface area contributed by atoms with Crippen molar-refractivity contribution in [2.24, 2.45) is 5.41 Å². The molecule has 2 unspecified atom stereocenters. The quantitative estimate of drug-likeness (QED) is 0.915. The van der Waals surface area contributed by atoms with Crippen LogP contribution >= 0.6 is 0 Å². The summed E-state index contributed by atoms with van der Waals surface area (Å²) in [6, 6.07) is 8.84. The van der Waals surface area contributed by atoms with Crippen LogP contribution in [-0.4, -0.2) is 59.0 Å². The maximum atomic E-state index is 13.2. The van der Waals surface area contributed by atoms with E-state index >= 15 is 0 Å². The molecule has 2 atom stereocenters. The maximum absolute atomic E-state index is 13.2. The highest BCUT2D eigenvalue weighted by atomic mass is 16.3. The second-order valence-electron chi connectivity index (χ2n) is 7.71. The van der Waals surface area contributed by atoms with Crippen molar-refractivity contribution in [2.75, 3.05) is 26.2 Å². The van der Waals surface area contributed by atoms with Gasteiger partial charge in [-0.05, 0) is 44.2 Å². The minimum absolute atomic E-state index is 0.0448. The number of benzene rings is 1. The molecule has 0 aliphatic carbocycles. The largest absolute Gasteiger partial charge is 0.396 e. The number of likely N-dealkylation sites (tertiary alicyclic amines) is 2. The summed E-state index contributed by atoms with van der Waals surface area (Å²) in [6.45, 7) is 4.05. The Hall–Kier alpha value is -1.88. The average molecular weight is 344 g/mol. The Morgan fingerprint density at radius 2 is 1.92 bits per heavy atom. The molecule has 2 aliphatic rings. The van der Waals surface area contributed by atoms with E-state index in [4.69, 9.17) is 0 Å². The molecule has 2 saturated heterocycles. The molecule has 5 heteroatoms. The van der Waals surface area contributed by atoms with Crippen LogP contribution in [0.3, 0.4) is 0 Å². The number of hydrogen-bond acceptors (Lipinski definition) is 3. The monoisotopic (exact) mass is 344 g/mol. The van der Waals surface area contributed by atoms with Crippen molar-refractivity contribution >= 4 is 11.8 Å². The van der Waals surface area contributed by atoms with E-state index in [0.29, 0.717) is 18.7 Å². The average Bonchev–Trinajstić information content (AvgIpc) is 2.67. The molecule has 25 heavy (non-hydrogen) atoms. The molecule has 3 rings (SSSR count). The molecule has 1 aromatic rings. The van der Waals surface area contributed by atoms with Crippen LogP contribution in [0.15, 0.2) is 30.3 Å². The zero-order chi connectivity index (χ0) is 17.9. The van der Waals surface area contributed by atoms with Gasteiger partial charge in [-0.2, -0.15) is 0 Å². The molecular weight excluding hydrogens is 316 g/mol. The lowest BCUT2D eigenvalue weighted by molar-refractivity contribution is -0.141. The van der Waals surface area contributed by atoms with Gasteiger partial charge in [-0.3, -0.25) is 9.59 Å². The van der Waals surface area contributed by atoms with E-state index in [-0.39, 0.29) is 29.9 Å². The number of nitrogens with zero attached hydrogens (tertiary/aromatic N) is 2. The highest BCUT2D eigenvalue weighted by Gasteiger charge is 2.39. The maximum Gasteiger partial charge on any atom is 0.254 e. The molecule has 2 fully saturated rings. The molecule has 2 heterocycles. The highest BCUT2D eigenvalue weighted by molar-refractivity contribution is 5.97. The Morgan fingerprint density at radius 3 is 2.64 bits per heavy atom. The Morgan fingerprint density at radius 1 is 1.16 bits per heavy atom. The summed E-state index contributed by atoms with van der Waals surface area (Å²) in [7, 11) is 0. The van der Waals surface area contributed by atoms with Crippen molar-refractivity contribution in [3.8, 4) is 0 Å². The van der Waals surface area contributed by atoms with E-state index in [0.717, 1.165) is 38.6 Å². The van der Waals surface area contributed by atoms with E-state index in [1.807, 2.05) is 42.2 Å². The van der Waals surface area contributed by atoms with Crippen LogP contribution in [0.2, 0.25) is 0 Å². The van der Waals surface area contributed by atoms with Gasteiger partial charge in [0.25, 0.3) is 5.91 Å². The highest BCUT2D eigenvalue weighted by Crippen LogP contribution is 2.30. The van der Waals surface area contributed by atoms with Gasteiger partial charge in [0, 0.05) is 30.6 Å². The zero-order valence-electron chi connectivity index (χ0n) is 15.0. The third-order valence-electron chi connectivity index (χ3n) is 5.54. The number of piperidine rings is 2. The smallest absolute Gasteiger partial charge is 0.254 e. The second kappa shape index (κ2) is 7.56. The molecule has 0 saturated carbocycles. The first-order valence-electron chi connectivity index (χ1n) is 9.30. The Bertz CT molecular complexity index is 619. The fourth-order valence-electron chi connectivity index (χ4n) is 4.02. The van der Waals surface area contributed by atoms with Gasteiger partial charge >= 0.3 is 0 Å². The SMILES string of the molecule is CC1(CO)CCCN(C(=O)C2CCCCN2C(=O)c2ccccc2)C1. The van der Waals surface area contributed by atoms with Gasteiger partial charge in [0.2, 0.25) is 5.91 Å². The van der Waals surface area contributed by atoms with Gasteiger partial charge in [-0.25, -0.2) is 0 Å². The minimum Gasteiger partial charge on any atom is -0.396 e. The summed E-state index contributed by atoms with van der Waals surface area (Å²) in [5.74, 6) is -0.0102. The van der Waals surface area contributed by atoms with Gasteiger partial charge in [-0.15, -0.1) is 0 Å². The number of hydrogen-bond donors (Lipinski definition) is 1. The fourth-order valence-corrected chi connectivity index (χ4v) is 4.02. The first kappa shape index (κ1) is 17.9. The van der Waals surface area contributed by atoms with Crippen molar-refractivity contribution in [3.05, 3.63) is 35.9 Å². The number of amides is 2. The molecule has 2 amide bonds. The molecule has 0 radical (unpaired) electrons. The number of aliphatic hydroxyl groups excluding tert-OH is 1. The van der Waals surface area contributed by atoms with Crippen molar-refractivity contribution < 1.29 is 14.7 Å². The van der Waals surface area contributed by atoms with E-state index in [1.165, 1.54) is 0 Å². The van der Waals surface area contributed by atoms with Crippen molar-refractivity contribution in [2.45, 2.75) is 45.1 Å². The summed E-state index contributed by atoms with van der Waals surface area (Å²) in [4.78, 5) is 29.7. The fraction of sp³-hybridized carbons (Fsp3) is 0.600. The second-order valence-corrected chi connectivity index (χ2v) is 7.71. The predicted octanol–water partition coefficient (Wildman–Crippen LogP) is 2.30. The van der Waals surface area contributed by atoms with Crippen molar-refractivity contribution in [1.29, 1.82) is 0 Å². The number of carbonyl (C=O) groups is 2. The molecule has 1 N–H and O–H groups in total. The summed E-state index contributed by atoms with van der Waals surface area (Å²) in [5.41, 5.74) is 0.415. The van der Waals surface area contributed by atoms with Gasteiger partial charge < -0.3 is 14.9 Å². The van der Waals surface area contributed by atoms with Crippen LogP contribution in [0.5, 0.6) is 0 Å². The Kier molecular flexibility index (Phi) is 5.42. The molecule has 5 nitrogen and oxygen atoms in total. The number of carbonyl (C=O) groups excluding carboxylic acids is 2. The van der Waals surface area contributed by atoms with E-state index in [2.05, 4.69) is 0 Å². The van der Waals surface area contributed by atoms with Crippen LogP contribution in [0.4, 0.5) is 0 Å². The predicted molar refractivity (Wildman–Crippen MR) is 96.1 cm³/mol. The Balaban J connectivity index is 1.76. The van der Waals surface area contributed by atoms with E-state index in [1.54, 1.807) is 4.90 Å². The summed E-state index contributed by atoms with van der Waals surface area (Å²) >= 11 is 0. The molecular formula is C20H28N2O3. The van der Waals surface area contributed by atoms with Gasteiger partial charge in [0.15, 0.2) is 0 Å². The minimum atomic E-state index is -0.373. The number of aliphatic hydroxyl groups is 1. The van der Waals surface area contributed by atoms with Crippen molar-refractivity contribution in [1.82, 2.24) is 9.80 Å². The van der Waals surface area contributed by atoms with Gasteiger partial charge in [0.05, 0.1) is 6.61 Å². The summed E-state index contributed by atoms with van der Waals surface area (Å²) < 4.78 is 0. The lowest BCUT2D eigenvalue weighted by atomic mass is 9.82. The van der Waals surface area contributed by atoms with Crippen LogP contribution in [0, 0.1) is 5.41 Å². The van der Waals surface area contributed by atoms with Gasteiger partial charge in [0.1, 0.15) is 6.04 Å². The molecule has 1 aromatic carbocycles. The topological polar surface area (TPSA) is 60.9 Å². The molecule has 136 valence electrons. The first-order valence-corrected chi connectivity index (χ1v) is 9.30. The van der Waals surface area contributed by atoms with E-state index in [9.17, 15) is 14.7 Å². The van der Waals surface area contributed by atoms with Crippen molar-refractivity contribution in [3.63, 3.8) is 0 Å². The molecule has 0 bridgehead atoms. The first-order chi connectivity index (χ1) is 12.0. The molecule has 0 spiro atoms. The summed E-state index contributed by atoms with van der Waals surface area (Å²) in [5, 5.41) is 9.65. The summed E-state index contributed by atoms with van der Waals surface area (Å²) in [6.07, 6.45) is 4.48. The zero-order valence-corrected chi connectivity index (χ0v) is 15.0. The lowest BCUT2D eigenvalue weighted by Gasteiger charge is -2.43. The van der Waals surface area contributed by atoms with Crippen LogP contribution in [-0.2, 0) is 4.79 Å². The lowest BCUT2D eigenvalue weighted by Crippen LogP contribution is -2.56. The normalized spacial score (nSPS) is 27.2. The molecule has 0 aromatic heterocycles. The van der Waals surface area contributed by atoms with E-state index < -0.39 is 0 Å². The van der Waals surface area contributed by atoms with Crippen LogP contribution in [0.25, 0.3) is 0 Å². The number of rotatable bonds is 3. The van der Waals surface area contributed by atoms with Crippen LogP contribution in [0.1, 0.15) is 49.4 Å². The standard InChI is InChI=1S/C20H28N2O3/c1-20(15-23)11-7-12-21(14-20)19(25)17-10-5-6-13-22(17)18(24)16-8-3-2-4-9-16/h2-4,8-9,17,23H,5-7,10-15H2,1H3. The van der Waals surface area contributed by atoms with Crippen LogP contribution < -0.4 is 0 Å².